The maximum atomic E-state index is 13.7. The van der Waals surface area contributed by atoms with Gasteiger partial charge in [-0.1, -0.05) is 41.7 Å². The molecular weight excluding hydrogens is 504 g/mol. The van der Waals surface area contributed by atoms with Crippen molar-refractivity contribution in [2.75, 3.05) is 16.3 Å². The monoisotopic (exact) mass is 528 g/mol. The number of carbonyl (C=O) groups is 1. The largest absolute Gasteiger partial charge is 0.278 e. The van der Waals surface area contributed by atoms with Gasteiger partial charge in [0.1, 0.15) is 0 Å². The number of rotatable bonds is 7. The number of sulfonamides is 1. The minimum absolute atomic E-state index is 0.0992. The average Bonchev–Trinajstić information content (AvgIpc) is 3.35. The van der Waals surface area contributed by atoms with Crippen LogP contribution in [0.25, 0.3) is 10.2 Å². The summed E-state index contributed by atoms with van der Waals surface area (Å²) in [5.41, 5.74) is 3.55. The number of aromatic nitrogens is 2. The highest BCUT2D eigenvalue weighted by Crippen LogP contribution is 2.31. The van der Waals surface area contributed by atoms with Crippen molar-refractivity contribution >= 4 is 48.3 Å². The van der Waals surface area contributed by atoms with E-state index >= 15 is 0 Å². The summed E-state index contributed by atoms with van der Waals surface area (Å²) in [6.07, 6.45) is 1.68. The van der Waals surface area contributed by atoms with E-state index in [0.717, 1.165) is 21.5 Å². The molecule has 0 saturated heterocycles. The maximum absolute atomic E-state index is 13.7. The number of carbonyl (C=O) groups excluding carboxylic acids is 1. The standard InChI is InChI=1S/C28H24N4O3S2/c1-20-11-16-25-26(18-20)36-28(30-25)32(19-22-8-6-7-17-29-22)27(33)21-12-14-24(15-13-21)37(34,35)31(2)23-9-4-3-5-10-23/h3-18H,19H2,1-2H3. The lowest BCUT2D eigenvalue weighted by Crippen LogP contribution is -2.31. The van der Waals surface area contributed by atoms with Gasteiger partial charge in [0.2, 0.25) is 0 Å². The number of hydrogen-bond donors (Lipinski definition) is 0. The molecule has 0 spiro atoms. The number of nitrogens with zero attached hydrogens (tertiary/aromatic N) is 4. The molecule has 0 aliphatic heterocycles. The molecule has 0 aliphatic rings. The second-order valence-electron chi connectivity index (χ2n) is 8.51. The topological polar surface area (TPSA) is 83.5 Å². The molecular formula is C28H24N4O3S2. The smallest absolute Gasteiger partial charge is 0.264 e. The number of amides is 1. The summed E-state index contributed by atoms with van der Waals surface area (Å²) in [6.45, 7) is 2.25. The number of hydrogen-bond acceptors (Lipinski definition) is 6. The fourth-order valence-electron chi connectivity index (χ4n) is 3.88. The van der Waals surface area contributed by atoms with Crippen LogP contribution in [-0.4, -0.2) is 31.3 Å². The molecule has 5 rings (SSSR count). The lowest BCUT2D eigenvalue weighted by Gasteiger charge is -2.21. The van der Waals surface area contributed by atoms with Crippen LogP contribution < -0.4 is 9.21 Å². The molecule has 9 heteroatoms. The Morgan fingerprint density at radius 3 is 2.35 bits per heavy atom. The fourth-order valence-corrected chi connectivity index (χ4v) is 6.13. The second kappa shape index (κ2) is 10.1. The highest BCUT2D eigenvalue weighted by Gasteiger charge is 2.25. The van der Waals surface area contributed by atoms with Crippen molar-refractivity contribution < 1.29 is 13.2 Å². The fraction of sp³-hybridized carbons (Fsp3) is 0.107. The van der Waals surface area contributed by atoms with Gasteiger partial charge in [0.25, 0.3) is 15.9 Å². The molecule has 7 nitrogen and oxygen atoms in total. The first-order valence-electron chi connectivity index (χ1n) is 11.6. The lowest BCUT2D eigenvalue weighted by molar-refractivity contribution is 0.0984. The normalized spacial score (nSPS) is 11.4. The Bertz CT molecular complexity index is 1650. The van der Waals surface area contributed by atoms with Gasteiger partial charge >= 0.3 is 0 Å². The zero-order valence-corrected chi connectivity index (χ0v) is 21.9. The highest BCUT2D eigenvalue weighted by molar-refractivity contribution is 7.92. The summed E-state index contributed by atoms with van der Waals surface area (Å²) < 4.78 is 28.5. The van der Waals surface area contributed by atoms with Gasteiger partial charge in [0, 0.05) is 18.8 Å². The number of benzene rings is 3. The molecule has 0 atom stereocenters. The van der Waals surface area contributed by atoms with Gasteiger partial charge in [0.05, 0.1) is 33.0 Å². The molecule has 186 valence electrons. The summed E-state index contributed by atoms with van der Waals surface area (Å²) in [6, 6.07) is 26.4. The summed E-state index contributed by atoms with van der Waals surface area (Å²) in [5, 5.41) is 0.553. The third-order valence-corrected chi connectivity index (χ3v) is 8.78. The molecule has 1 amide bonds. The summed E-state index contributed by atoms with van der Waals surface area (Å²) in [4.78, 5) is 24.5. The van der Waals surface area contributed by atoms with Crippen molar-refractivity contribution in [2.24, 2.45) is 0 Å². The first-order chi connectivity index (χ1) is 17.8. The Morgan fingerprint density at radius 1 is 0.919 bits per heavy atom. The van der Waals surface area contributed by atoms with Crippen LogP contribution in [0, 0.1) is 6.92 Å². The van der Waals surface area contributed by atoms with E-state index in [0.29, 0.717) is 16.4 Å². The van der Waals surface area contributed by atoms with Crippen LogP contribution in [0.15, 0.2) is 102 Å². The van der Waals surface area contributed by atoms with Crippen LogP contribution in [0.5, 0.6) is 0 Å². The minimum atomic E-state index is -3.79. The number of pyridine rings is 1. The Kier molecular flexibility index (Phi) is 6.73. The van der Waals surface area contributed by atoms with Crippen molar-refractivity contribution in [1.82, 2.24) is 9.97 Å². The Morgan fingerprint density at radius 2 is 1.65 bits per heavy atom. The predicted molar refractivity (Wildman–Crippen MR) is 148 cm³/mol. The van der Waals surface area contributed by atoms with Crippen molar-refractivity contribution in [3.05, 3.63) is 114 Å². The van der Waals surface area contributed by atoms with E-state index in [2.05, 4.69) is 4.98 Å². The molecule has 0 aliphatic carbocycles. The van der Waals surface area contributed by atoms with E-state index in [9.17, 15) is 13.2 Å². The van der Waals surface area contributed by atoms with Crippen LogP contribution in [-0.2, 0) is 16.6 Å². The highest BCUT2D eigenvalue weighted by atomic mass is 32.2. The predicted octanol–water partition coefficient (Wildman–Crippen LogP) is 5.67. The van der Waals surface area contributed by atoms with Crippen molar-refractivity contribution in [2.45, 2.75) is 18.4 Å². The number of aryl methyl sites for hydroxylation is 1. The molecule has 37 heavy (non-hydrogen) atoms. The summed E-state index contributed by atoms with van der Waals surface area (Å²) >= 11 is 1.43. The molecule has 0 bridgehead atoms. The van der Waals surface area contributed by atoms with E-state index in [1.807, 2.05) is 49.4 Å². The molecule has 2 heterocycles. The Hall–Kier alpha value is -4.08. The van der Waals surface area contributed by atoms with Crippen molar-refractivity contribution in [1.29, 1.82) is 0 Å². The van der Waals surface area contributed by atoms with E-state index in [4.69, 9.17) is 4.98 Å². The number of fused-ring (bicyclic) bond motifs is 1. The summed E-state index contributed by atoms with van der Waals surface area (Å²) in [5.74, 6) is -0.290. The zero-order valence-electron chi connectivity index (χ0n) is 20.3. The third kappa shape index (κ3) is 5.09. The van der Waals surface area contributed by atoms with Gasteiger partial charge in [0.15, 0.2) is 5.13 Å². The number of anilines is 2. The van der Waals surface area contributed by atoms with E-state index in [-0.39, 0.29) is 17.3 Å². The minimum Gasteiger partial charge on any atom is -0.278 e. The molecule has 0 radical (unpaired) electrons. The van der Waals surface area contributed by atoms with Gasteiger partial charge in [-0.25, -0.2) is 13.4 Å². The first-order valence-corrected chi connectivity index (χ1v) is 13.8. The van der Waals surface area contributed by atoms with Crippen molar-refractivity contribution in [3.63, 3.8) is 0 Å². The van der Waals surface area contributed by atoms with Crippen LogP contribution in [0.4, 0.5) is 10.8 Å². The average molecular weight is 529 g/mol. The second-order valence-corrected chi connectivity index (χ2v) is 11.5. The molecule has 5 aromatic rings. The Labute approximate surface area is 219 Å². The van der Waals surface area contributed by atoms with E-state index in [1.165, 1.54) is 47.0 Å². The molecule has 2 aromatic heterocycles. The van der Waals surface area contributed by atoms with Gasteiger partial charge in [-0.2, -0.15) is 0 Å². The number of para-hydroxylation sites is 1. The first kappa shape index (κ1) is 24.6. The van der Waals surface area contributed by atoms with Gasteiger partial charge in [-0.15, -0.1) is 0 Å². The van der Waals surface area contributed by atoms with Crippen LogP contribution in [0.3, 0.4) is 0 Å². The van der Waals surface area contributed by atoms with E-state index < -0.39 is 10.0 Å². The molecule has 3 aromatic carbocycles. The van der Waals surface area contributed by atoms with Gasteiger partial charge in [-0.05, 0) is 73.2 Å². The SMILES string of the molecule is Cc1ccc2nc(N(Cc3ccccn3)C(=O)c3ccc(S(=O)(=O)N(C)c4ccccc4)cc3)sc2c1. The molecule has 0 unspecified atom stereocenters. The van der Waals surface area contributed by atoms with E-state index in [1.54, 1.807) is 35.4 Å². The molecule has 0 saturated carbocycles. The van der Waals surface area contributed by atoms with Crippen molar-refractivity contribution in [3.8, 4) is 0 Å². The molecule has 0 N–H and O–H groups in total. The van der Waals surface area contributed by atoms with Crippen LogP contribution >= 0.6 is 11.3 Å². The zero-order chi connectivity index (χ0) is 26.0. The third-order valence-electron chi connectivity index (χ3n) is 5.93. The van der Waals surface area contributed by atoms with Crippen LogP contribution in [0.2, 0.25) is 0 Å². The lowest BCUT2D eigenvalue weighted by atomic mass is 10.2. The van der Waals surface area contributed by atoms with Crippen LogP contribution in [0.1, 0.15) is 21.6 Å². The number of thiazole rings is 1. The maximum Gasteiger partial charge on any atom is 0.264 e. The summed E-state index contributed by atoms with van der Waals surface area (Å²) in [7, 11) is -2.28. The van der Waals surface area contributed by atoms with Gasteiger partial charge in [-0.3, -0.25) is 19.0 Å². The molecule has 0 fully saturated rings. The Balaban J connectivity index is 1.47. The van der Waals surface area contributed by atoms with Gasteiger partial charge < -0.3 is 0 Å². The quantitative estimate of drug-likeness (QED) is 0.272.